The quantitative estimate of drug-likeness (QED) is 0.440. The van der Waals surface area contributed by atoms with Gasteiger partial charge in [-0.1, -0.05) is 60.1 Å². The molecular formula is C28H30ClNO6. The van der Waals surface area contributed by atoms with Crippen LogP contribution >= 0.6 is 11.6 Å². The molecule has 4 atom stereocenters. The summed E-state index contributed by atoms with van der Waals surface area (Å²) in [7, 11) is 1.45. The molecule has 1 heterocycles. The van der Waals surface area contributed by atoms with Crippen LogP contribution in [-0.4, -0.2) is 53.4 Å². The number of hydrogen-bond donors (Lipinski definition) is 3. The fourth-order valence-electron chi connectivity index (χ4n) is 4.41. The number of carbonyl (C=O) groups excluding carboxylic acids is 1. The number of aliphatic hydroxyl groups excluding tert-OH is 2. The molecule has 0 unspecified atom stereocenters. The van der Waals surface area contributed by atoms with Gasteiger partial charge in [-0.2, -0.15) is 0 Å². The first-order chi connectivity index (χ1) is 17.2. The predicted octanol–water partition coefficient (Wildman–Crippen LogP) is 4.19. The van der Waals surface area contributed by atoms with E-state index in [2.05, 4.69) is 5.32 Å². The summed E-state index contributed by atoms with van der Waals surface area (Å²) in [5.41, 5.74) is 1.70. The largest absolute Gasteiger partial charge is 0.462 e. The van der Waals surface area contributed by atoms with Crippen LogP contribution in [-0.2, 0) is 16.0 Å². The molecule has 1 aliphatic heterocycles. The van der Waals surface area contributed by atoms with Crippen LogP contribution in [0.1, 0.15) is 29.8 Å². The molecule has 190 valence electrons. The predicted molar refractivity (Wildman–Crippen MR) is 137 cm³/mol. The van der Waals surface area contributed by atoms with Crippen molar-refractivity contribution in [1.29, 1.82) is 0 Å². The van der Waals surface area contributed by atoms with Crippen molar-refractivity contribution in [1.82, 2.24) is 5.32 Å². The van der Waals surface area contributed by atoms with Gasteiger partial charge >= 0.3 is 0 Å². The summed E-state index contributed by atoms with van der Waals surface area (Å²) >= 11 is 6.44. The van der Waals surface area contributed by atoms with Crippen LogP contribution in [0, 0.1) is 0 Å². The van der Waals surface area contributed by atoms with Crippen molar-refractivity contribution in [2.24, 2.45) is 0 Å². The van der Waals surface area contributed by atoms with E-state index in [-0.39, 0.29) is 5.91 Å². The highest BCUT2D eigenvalue weighted by atomic mass is 35.5. The first kappa shape index (κ1) is 26.1. The molecule has 3 aromatic rings. The van der Waals surface area contributed by atoms with Crippen LogP contribution < -0.4 is 10.1 Å². The van der Waals surface area contributed by atoms with Gasteiger partial charge in [-0.15, -0.1) is 0 Å². The number of rotatable bonds is 7. The van der Waals surface area contributed by atoms with Crippen LogP contribution in [0.15, 0.2) is 72.8 Å². The highest BCUT2D eigenvalue weighted by molar-refractivity contribution is 6.33. The van der Waals surface area contributed by atoms with Gasteiger partial charge in [-0.25, -0.2) is 0 Å². The van der Waals surface area contributed by atoms with Gasteiger partial charge in [0.25, 0.3) is 5.91 Å². The Morgan fingerprint density at radius 3 is 2.39 bits per heavy atom. The number of ether oxygens (including phenoxy) is 3. The second-order valence-corrected chi connectivity index (χ2v) is 9.61. The van der Waals surface area contributed by atoms with Crippen molar-refractivity contribution >= 4 is 17.5 Å². The van der Waals surface area contributed by atoms with E-state index in [4.69, 9.17) is 25.8 Å². The van der Waals surface area contributed by atoms with Crippen LogP contribution in [0.25, 0.3) is 11.1 Å². The standard InChI is InChI=1S/C28H30ClNO6/c1-28(2)25(34-3)23(31)24(32)27(36-28)35-18-13-14-19(20-11-7-8-12-22(20)29)21(15-18)26(33)30-16-17-9-5-4-6-10-17/h4-15,23-25,27,31-32H,16H2,1-3H3,(H,30,33)/t23-,24+,25+,27-/m0/s1. The molecule has 1 fully saturated rings. The molecule has 0 spiro atoms. The maximum absolute atomic E-state index is 13.3. The third-order valence-corrected chi connectivity index (χ3v) is 6.58. The second kappa shape index (κ2) is 11.0. The highest BCUT2D eigenvalue weighted by Crippen LogP contribution is 2.35. The Morgan fingerprint density at radius 1 is 1.00 bits per heavy atom. The number of aliphatic hydroxyl groups is 2. The van der Waals surface area contributed by atoms with Crippen LogP contribution in [0.3, 0.4) is 0 Å². The van der Waals surface area contributed by atoms with E-state index in [1.165, 1.54) is 7.11 Å². The number of nitrogens with one attached hydrogen (secondary N) is 1. The molecule has 4 rings (SSSR count). The molecule has 36 heavy (non-hydrogen) atoms. The lowest BCUT2D eigenvalue weighted by molar-refractivity contribution is -0.305. The summed E-state index contributed by atoms with van der Waals surface area (Å²) < 4.78 is 17.2. The zero-order valence-electron chi connectivity index (χ0n) is 20.4. The van der Waals surface area contributed by atoms with E-state index in [1.54, 1.807) is 38.1 Å². The third kappa shape index (κ3) is 5.56. The summed E-state index contributed by atoms with van der Waals surface area (Å²) in [4.78, 5) is 13.3. The molecular weight excluding hydrogens is 482 g/mol. The molecule has 8 heteroatoms. The van der Waals surface area contributed by atoms with Gasteiger partial charge in [0.05, 0.1) is 11.2 Å². The minimum absolute atomic E-state index is 0.290. The highest BCUT2D eigenvalue weighted by Gasteiger charge is 2.50. The van der Waals surface area contributed by atoms with Crippen molar-refractivity contribution in [2.75, 3.05) is 7.11 Å². The molecule has 0 aliphatic carbocycles. The average molecular weight is 512 g/mol. The molecule has 1 amide bonds. The fraction of sp³-hybridized carbons (Fsp3) is 0.321. The van der Waals surface area contributed by atoms with E-state index in [1.807, 2.05) is 48.5 Å². The number of methoxy groups -OCH3 is 1. The summed E-state index contributed by atoms with van der Waals surface area (Å²) in [5, 5.41) is 24.6. The Kier molecular flexibility index (Phi) is 7.97. The molecule has 0 bridgehead atoms. The van der Waals surface area contributed by atoms with Gasteiger partial charge in [0, 0.05) is 24.2 Å². The van der Waals surface area contributed by atoms with Gasteiger partial charge in [0.15, 0.2) is 0 Å². The number of benzene rings is 3. The lowest BCUT2D eigenvalue weighted by Gasteiger charge is -2.46. The Balaban J connectivity index is 1.64. The summed E-state index contributed by atoms with van der Waals surface area (Å²) in [6.45, 7) is 3.83. The fourth-order valence-corrected chi connectivity index (χ4v) is 4.65. The monoisotopic (exact) mass is 511 g/mol. The van der Waals surface area contributed by atoms with Gasteiger partial charge in [0.2, 0.25) is 6.29 Å². The first-order valence-electron chi connectivity index (χ1n) is 11.7. The Bertz CT molecular complexity index is 1200. The molecule has 1 saturated heterocycles. The number of carbonyl (C=O) groups is 1. The zero-order valence-corrected chi connectivity index (χ0v) is 21.1. The first-order valence-corrected chi connectivity index (χ1v) is 12.0. The van der Waals surface area contributed by atoms with Crippen LogP contribution in [0.2, 0.25) is 5.02 Å². The molecule has 0 aromatic heterocycles. The van der Waals surface area contributed by atoms with Gasteiger partial charge in [-0.05, 0) is 49.2 Å². The summed E-state index contributed by atoms with van der Waals surface area (Å²) in [6.07, 6.45) is -4.50. The lowest BCUT2D eigenvalue weighted by Crippen LogP contribution is -2.63. The van der Waals surface area contributed by atoms with Crippen LogP contribution in [0.4, 0.5) is 0 Å². The lowest BCUT2D eigenvalue weighted by atomic mass is 9.89. The van der Waals surface area contributed by atoms with Gasteiger partial charge < -0.3 is 29.7 Å². The van der Waals surface area contributed by atoms with Gasteiger partial charge in [0.1, 0.15) is 24.1 Å². The molecule has 0 radical (unpaired) electrons. The molecule has 0 saturated carbocycles. The van der Waals surface area contributed by atoms with Crippen molar-refractivity contribution in [3.05, 3.63) is 88.9 Å². The van der Waals surface area contributed by atoms with E-state index in [0.717, 1.165) is 5.56 Å². The normalized spacial score (nSPS) is 23.2. The minimum atomic E-state index is -1.36. The smallest absolute Gasteiger partial charge is 0.252 e. The number of hydrogen-bond acceptors (Lipinski definition) is 6. The summed E-state index contributed by atoms with van der Waals surface area (Å²) in [5.74, 6) is -0.0253. The van der Waals surface area contributed by atoms with Crippen molar-refractivity contribution in [2.45, 2.75) is 50.6 Å². The van der Waals surface area contributed by atoms with Crippen molar-refractivity contribution < 1.29 is 29.2 Å². The third-order valence-electron chi connectivity index (χ3n) is 6.25. The topological polar surface area (TPSA) is 97.3 Å². The Morgan fingerprint density at radius 2 is 1.69 bits per heavy atom. The number of amides is 1. The molecule has 7 nitrogen and oxygen atoms in total. The SMILES string of the molecule is CO[C@@H]1[C@@H](O)[C@@H](O)[C@@H](Oc2ccc(-c3ccccc3Cl)c(C(=O)NCc3ccccc3)c2)OC1(C)C. The van der Waals surface area contributed by atoms with Crippen molar-refractivity contribution in [3.63, 3.8) is 0 Å². The van der Waals surface area contributed by atoms with Gasteiger partial charge in [-0.3, -0.25) is 4.79 Å². The Labute approximate surface area is 215 Å². The average Bonchev–Trinajstić information content (AvgIpc) is 2.87. The Hall–Kier alpha value is -2.94. The second-order valence-electron chi connectivity index (χ2n) is 9.20. The van der Waals surface area contributed by atoms with E-state index < -0.39 is 30.2 Å². The zero-order chi connectivity index (χ0) is 25.9. The van der Waals surface area contributed by atoms with E-state index in [0.29, 0.717) is 34.0 Å². The maximum atomic E-state index is 13.3. The maximum Gasteiger partial charge on any atom is 0.252 e. The molecule has 3 N–H and O–H groups in total. The van der Waals surface area contributed by atoms with Crippen molar-refractivity contribution in [3.8, 4) is 16.9 Å². The number of halogens is 1. The van der Waals surface area contributed by atoms with E-state index >= 15 is 0 Å². The van der Waals surface area contributed by atoms with E-state index in [9.17, 15) is 15.0 Å². The summed E-state index contributed by atoms with van der Waals surface area (Å²) in [6, 6.07) is 21.8. The minimum Gasteiger partial charge on any atom is -0.462 e. The molecule has 3 aromatic carbocycles. The van der Waals surface area contributed by atoms with Crippen LogP contribution in [0.5, 0.6) is 5.75 Å². The molecule has 1 aliphatic rings.